The van der Waals surface area contributed by atoms with E-state index in [4.69, 9.17) is 9.97 Å². The monoisotopic (exact) mass is 358 g/mol. The van der Waals surface area contributed by atoms with E-state index in [0.717, 1.165) is 33.2 Å². The normalized spacial score (nSPS) is 15.3. The molecular weight excluding hydrogens is 328 g/mol. The third-order valence-electron chi connectivity index (χ3n) is 3.80. The number of nitrogens with zero attached hydrogens (tertiary/aromatic N) is 2. The van der Waals surface area contributed by atoms with Crippen molar-refractivity contribution in [2.45, 2.75) is 34.6 Å². The van der Waals surface area contributed by atoms with Crippen LogP contribution in [0.3, 0.4) is 0 Å². The fourth-order valence-corrected chi connectivity index (χ4v) is 2.41. The van der Waals surface area contributed by atoms with Crippen molar-refractivity contribution in [1.29, 1.82) is 0 Å². The van der Waals surface area contributed by atoms with E-state index in [-0.39, 0.29) is 0 Å². The van der Waals surface area contributed by atoms with Gasteiger partial charge in [-0.05, 0) is 46.3 Å². The minimum Gasteiger partial charge on any atom is -0.244 e. The van der Waals surface area contributed by atoms with E-state index in [1.165, 1.54) is 0 Å². The molecule has 0 amide bonds. The fraction of sp³-hybridized carbons (Fsp3) is 0.200. The van der Waals surface area contributed by atoms with Crippen molar-refractivity contribution in [3.63, 3.8) is 0 Å². The van der Waals surface area contributed by atoms with Crippen LogP contribution in [0, 0.1) is 0 Å². The van der Waals surface area contributed by atoms with E-state index >= 15 is 0 Å². The molecule has 2 nitrogen and oxygen atoms in total. The molecular formula is C25H30N2. The Morgan fingerprint density at radius 1 is 0.741 bits per heavy atom. The smallest absolute Gasteiger partial charge is 0.0972 e. The molecule has 0 saturated carbocycles. The zero-order chi connectivity index (χ0) is 20.1. The van der Waals surface area contributed by atoms with Gasteiger partial charge in [-0.25, -0.2) is 9.97 Å². The Hall–Kier alpha value is -3.00. The van der Waals surface area contributed by atoms with Crippen molar-refractivity contribution in [3.05, 3.63) is 95.5 Å². The van der Waals surface area contributed by atoms with Gasteiger partial charge in [-0.15, -0.1) is 0 Å². The highest BCUT2D eigenvalue weighted by atomic mass is 14.8. The van der Waals surface area contributed by atoms with Gasteiger partial charge in [0.15, 0.2) is 0 Å². The first-order valence-corrected chi connectivity index (χ1v) is 9.25. The average Bonchev–Trinajstić information content (AvgIpc) is 2.70. The van der Waals surface area contributed by atoms with Crippen LogP contribution in [0.4, 0.5) is 0 Å². The topological polar surface area (TPSA) is 25.8 Å². The van der Waals surface area contributed by atoms with Gasteiger partial charge < -0.3 is 0 Å². The van der Waals surface area contributed by atoms with Crippen LogP contribution in [0.15, 0.2) is 73.4 Å². The summed E-state index contributed by atoms with van der Waals surface area (Å²) in [6, 6.07) is 0. The van der Waals surface area contributed by atoms with Crippen molar-refractivity contribution in [3.8, 4) is 0 Å². The van der Waals surface area contributed by atoms with Crippen LogP contribution in [0.5, 0.6) is 0 Å². The van der Waals surface area contributed by atoms with Gasteiger partial charge in [0.2, 0.25) is 0 Å². The minimum atomic E-state index is 0.826. The fourth-order valence-electron chi connectivity index (χ4n) is 2.41. The maximum absolute atomic E-state index is 4.95. The molecule has 1 aromatic rings. The zero-order valence-electron chi connectivity index (χ0n) is 17.1. The molecule has 0 radical (unpaired) electrons. The molecule has 0 aliphatic rings. The van der Waals surface area contributed by atoms with Gasteiger partial charge in [-0.2, -0.15) is 0 Å². The predicted molar refractivity (Wildman–Crippen MR) is 121 cm³/mol. The molecule has 0 fully saturated rings. The van der Waals surface area contributed by atoms with E-state index < -0.39 is 0 Å². The largest absolute Gasteiger partial charge is 0.244 e. The molecule has 1 aromatic heterocycles. The molecule has 0 saturated heterocycles. The summed E-state index contributed by atoms with van der Waals surface area (Å²) in [6.07, 6.45) is 25.9. The molecule has 0 aromatic carbocycles. The molecule has 0 unspecified atom stereocenters. The summed E-state index contributed by atoms with van der Waals surface area (Å²) >= 11 is 0. The molecule has 1 heterocycles. The van der Waals surface area contributed by atoms with Crippen LogP contribution in [-0.4, -0.2) is 9.97 Å². The van der Waals surface area contributed by atoms with Gasteiger partial charge in [-0.3, -0.25) is 0 Å². The number of hydrogen-bond acceptors (Lipinski definition) is 2. The Bertz CT molecular complexity index is 933. The summed E-state index contributed by atoms with van der Waals surface area (Å²) in [5.74, 6) is 0. The second-order valence-corrected chi connectivity index (χ2v) is 5.65. The van der Waals surface area contributed by atoms with Gasteiger partial charge in [0, 0.05) is 5.57 Å². The third kappa shape index (κ3) is 6.34. The third-order valence-corrected chi connectivity index (χ3v) is 3.80. The van der Waals surface area contributed by atoms with Crippen LogP contribution < -0.4 is 10.7 Å². The first-order valence-electron chi connectivity index (χ1n) is 9.25. The SMILES string of the molecule is C=C/C(=C\C=C/C)c1nc(=C/C)/c(=C\C=C/C)nc1C(/C=C\C=C/C)=C/C. The summed E-state index contributed by atoms with van der Waals surface area (Å²) in [6.45, 7) is 13.9. The lowest BCUT2D eigenvalue weighted by atomic mass is 10.0. The Balaban J connectivity index is 3.91. The number of hydrogen-bond donors (Lipinski definition) is 0. The van der Waals surface area contributed by atoms with Gasteiger partial charge in [0.1, 0.15) is 0 Å². The number of rotatable bonds is 7. The van der Waals surface area contributed by atoms with E-state index in [2.05, 4.69) is 18.7 Å². The Morgan fingerprint density at radius 2 is 1.37 bits per heavy atom. The van der Waals surface area contributed by atoms with Crippen molar-refractivity contribution < 1.29 is 0 Å². The molecule has 0 N–H and O–H groups in total. The molecule has 0 spiro atoms. The molecule has 140 valence electrons. The maximum atomic E-state index is 4.95. The molecule has 27 heavy (non-hydrogen) atoms. The molecule has 2 heteroatoms. The Labute approximate surface area is 163 Å². The maximum Gasteiger partial charge on any atom is 0.0972 e. The van der Waals surface area contributed by atoms with Gasteiger partial charge in [0.05, 0.1) is 22.1 Å². The van der Waals surface area contributed by atoms with E-state index in [1.807, 2.05) is 101 Å². The predicted octanol–water partition coefficient (Wildman–Crippen LogP) is 5.31. The highest BCUT2D eigenvalue weighted by Crippen LogP contribution is 2.22. The van der Waals surface area contributed by atoms with Crippen LogP contribution in [0.2, 0.25) is 0 Å². The van der Waals surface area contributed by atoms with Gasteiger partial charge >= 0.3 is 0 Å². The summed E-state index contributed by atoms with van der Waals surface area (Å²) in [4.78, 5) is 9.87. The standard InChI is InChI=1S/C25H30N2/c1-7-13-16-18-21(11-5)25-24(20(10-4)17-14-8-2)26-22(12-6)23(27-25)19-15-9-3/h7-19H,4H2,1-3,5-6H3/b13-7-,14-8-,15-9-,18-16-,20-17+,21-11+,22-12+,23-19+. The van der Waals surface area contributed by atoms with E-state index in [1.54, 1.807) is 0 Å². The van der Waals surface area contributed by atoms with Crippen LogP contribution in [-0.2, 0) is 0 Å². The number of allylic oxidation sites excluding steroid dienone is 13. The van der Waals surface area contributed by atoms with Gasteiger partial charge in [0.25, 0.3) is 0 Å². The molecule has 0 aliphatic carbocycles. The van der Waals surface area contributed by atoms with Crippen molar-refractivity contribution >= 4 is 23.3 Å². The Kier molecular flexibility index (Phi) is 10.1. The first-order chi connectivity index (χ1) is 13.2. The lowest BCUT2D eigenvalue weighted by molar-refractivity contribution is 1.05. The second kappa shape index (κ2) is 12.4. The summed E-state index contributed by atoms with van der Waals surface area (Å²) in [5.41, 5.74) is 3.62. The summed E-state index contributed by atoms with van der Waals surface area (Å²) in [5, 5.41) is 1.70. The van der Waals surface area contributed by atoms with Gasteiger partial charge in [-0.1, -0.05) is 79.5 Å². The van der Waals surface area contributed by atoms with Crippen LogP contribution in [0.1, 0.15) is 46.0 Å². The van der Waals surface area contributed by atoms with Crippen molar-refractivity contribution in [2.24, 2.45) is 0 Å². The lowest BCUT2D eigenvalue weighted by Gasteiger charge is -2.10. The van der Waals surface area contributed by atoms with Crippen molar-refractivity contribution in [2.75, 3.05) is 0 Å². The average molecular weight is 359 g/mol. The van der Waals surface area contributed by atoms with Crippen LogP contribution >= 0.6 is 0 Å². The molecule has 0 bridgehead atoms. The van der Waals surface area contributed by atoms with Crippen molar-refractivity contribution in [1.82, 2.24) is 9.97 Å². The first kappa shape index (κ1) is 22.0. The summed E-state index contributed by atoms with van der Waals surface area (Å²) in [7, 11) is 0. The number of aromatic nitrogens is 2. The quantitative estimate of drug-likeness (QED) is 0.617. The van der Waals surface area contributed by atoms with E-state index in [0.29, 0.717) is 0 Å². The lowest BCUT2D eigenvalue weighted by Crippen LogP contribution is -2.33. The molecule has 0 atom stereocenters. The second-order valence-electron chi connectivity index (χ2n) is 5.65. The molecule has 0 aliphatic heterocycles. The summed E-state index contributed by atoms with van der Waals surface area (Å²) < 4.78 is 0. The minimum absolute atomic E-state index is 0.826. The Morgan fingerprint density at radius 3 is 1.93 bits per heavy atom. The zero-order valence-corrected chi connectivity index (χ0v) is 17.1. The highest BCUT2D eigenvalue weighted by molar-refractivity contribution is 5.83. The highest BCUT2D eigenvalue weighted by Gasteiger charge is 2.12. The molecule has 1 rings (SSSR count). The van der Waals surface area contributed by atoms with Crippen LogP contribution in [0.25, 0.3) is 23.3 Å². The van der Waals surface area contributed by atoms with E-state index in [9.17, 15) is 0 Å².